The number of rotatable bonds is 5. The van der Waals surface area contributed by atoms with Crippen LogP contribution in [0.5, 0.6) is 0 Å². The molecule has 7 nitrogen and oxygen atoms in total. The summed E-state index contributed by atoms with van der Waals surface area (Å²) >= 11 is 8.60. The van der Waals surface area contributed by atoms with Gasteiger partial charge in [-0.1, -0.05) is 17.7 Å². The first kappa shape index (κ1) is 22.7. The Labute approximate surface area is 203 Å². The van der Waals surface area contributed by atoms with Gasteiger partial charge in [-0.3, -0.25) is 9.78 Å². The fourth-order valence-corrected chi connectivity index (χ4v) is 8.33. The molecule has 11 heteroatoms. The van der Waals surface area contributed by atoms with E-state index in [1.807, 2.05) is 12.1 Å². The Morgan fingerprint density at radius 2 is 2.00 bits per heavy atom. The zero-order chi connectivity index (χ0) is 23.2. The quantitative estimate of drug-likeness (QED) is 0.427. The van der Waals surface area contributed by atoms with Crippen LogP contribution in [0.4, 0.5) is 0 Å². The third kappa shape index (κ3) is 4.27. The van der Waals surface area contributed by atoms with E-state index in [1.54, 1.807) is 41.4 Å². The SMILES string of the molecule is O=C(c1cc2ncccc2s1)N1CCN(S(=O)(=O)c2cc3ccc(Cl)cc3s2)CC1CCO. The Morgan fingerprint density at radius 3 is 2.79 bits per heavy atom. The number of benzene rings is 1. The molecular weight excluding hydrogens is 502 g/mol. The standard InChI is InChI=1S/C22H20ClN3O4S3/c23-15-4-3-14-10-21(32-19(14)11-15)33(29,30)25-7-8-26(16(13-25)5-9-27)22(28)20-12-17-18(31-20)2-1-6-24-17/h1-4,6,10-12,16,27H,5,7-9,13H2. The number of carbonyl (C=O) groups is 1. The first-order valence-electron chi connectivity index (χ1n) is 10.3. The van der Waals surface area contributed by atoms with Crippen molar-refractivity contribution in [2.45, 2.75) is 16.7 Å². The molecule has 1 fully saturated rings. The lowest BCUT2D eigenvalue weighted by molar-refractivity contribution is 0.0525. The monoisotopic (exact) mass is 521 g/mol. The van der Waals surface area contributed by atoms with E-state index in [0.717, 1.165) is 20.3 Å². The van der Waals surface area contributed by atoms with E-state index >= 15 is 0 Å². The molecule has 0 radical (unpaired) electrons. The summed E-state index contributed by atoms with van der Waals surface area (Å²) < 4.78 is 30.2. The Kier molecular flexibility index (Phi) is 6.15. The van der Waals surface area contributed by atoms with Gasteiger partial charge in [0.1, 0.15) is 4.21 Å². The van der Waals surface area contributed by atoms with E-state index in [9.17, 15) is 18.3 Å². The number of thiophene rings is 2. The number of carbonyl (C=O) groups excluding carboxylic acids is 1. The molecule has 1 aliphatic heterocycles. The van der Waals surface area contributed by atoms with E-state index < -0.39 is 16.1 Å². The van der Waals surface area contributed by atoms with Crippen LogP contribution in [0.15, 0.2) is 52.9 Å². The Bertz CT molecular complexity index is 1420. The molecule has 1 aromatic carbocycles. The number of nitrogens with zero attached hydrogens (tertiary/aromatic N) is 3. The second kappa shape index (κ2) is 8.94. The summed E-state index contributed by atoms with van der Waals surface area (Å²) in [4.78, 5) is 19.8. The van der Waals surface area contributed by atoms with Gasteiger partial charge in [0, 0.05) is 48.2 Å². The highest BCUT2D eigenvalue weighted by Gasteiger charge is 2.37. The van der Waals surface area contributed by atoms with Crippen LogP contribution < -0.4 is 0 Å². The minimum Gasteiger partial charge on any atom is -0.396 e. The molecule has 0 saturated carbocycles. The van der Waals surface area contributed by atoms with Crippen molar-refractivity contribution < 1.29 is 18.3 Å². The fraction of sp³-hybridized carbons (Fsp3) is 0.273. The highest BCUT2D eigenvalue weighted by atomic mass is 35.5. The predicted molar refractivity (Wildman–Crippen MR) is 132 cm³/mol. The molecule has 1 N–H and O–H groups in total. The number of fused-ring (bicyclic) bond motifs is 2. The number of sulfonamides is 1. The number of aliphatic hydroxyl groups excluding tert-OH is 1. The second-order valence-corrected chi connectivity index (χ2v) is 12.5. The van der Waals surface area contributed by atoms with Gasteiger partial charge < -0.3 is 10.0 Å². The maximum atomic E-state index is 13.4. The van der Waals surface area contributed by atoms with Crippen molar-refractivity contribution in [3.63, 3.8) is 0 Å². The van der Waals surface area contributed by atoms with Crippen LogP contribution in [-0.4, -0.2) is 65.9 Å². The van der Waals surface area contributed by atoms with Gasteiger partial charge in [-0.2, -0.15) is 4.31 Å². The summed E-state index contributed by atoms with van der Waals surface area (Å²) in [6.45, 7) is 0.430. The van der Waals surface area contributed by atoms with Gasteiger partial charge >= 0.3 is 0 Å². The van der Waals surface area contributed by atoms with E-state index in [1.165, 1.54) is 27.0 Å². The molecule has 3 aromatic heterocycles. The summed E-state index contributed by atoms with van der Waals surface area (Å²) in [6, 6.07) is 12.0. The average Bonchev–Trinajstić information content (AvgIpc) is 3.43. The van der Waals surface area contributed by atoms with Crippen LogP contribution in [-0.2, 0) is 10.0 Å². The molecule has 0 spiro atoms. The maximum absolute atomic E-state index is 13.4. The first-order valence-corrected chi connectivity index (χ1v) is 13.8. The lowest BCUT2D eigenvalue weighted by atomic mass is 10.1. The summed E-state index contributed by atoms with van der Waals surface area (Å²) in [7, 11) is -3.74. The third-order valence-corrected chi connectivity index (χ3v) is 10.4. The normalized spacial score (nSPS) is 17.8. The Hall–Kier alpha value is -2.08. The van der Waals surface area contributed by atoms with Crippen molar-refractivity contribution in [2.24, 2.45) is 0 Å². The molecule has 33 heavy (non-hydrogen) atoms. The van der Waals surface area contributed by atoms with Crippen molar-refractivity contribution in [1.29, 1.82) is 0 Å². The van der Waals surface area contributed by atoms with Crippen LogP contribution in [0.2, 0.25) is 5.02 Å². The molecule has 172 valence electrons. The van der Waals surface area contributed by atoms with Crippen molar-refractivity contribution in [3.8, 4) is 0 Å². The maximum Gasteiger partial charge on any atom is 0.264 e. The molecule has 4 aromatic rings. The molecule has 0 aliphatic carbocycles. The van der Waals surface area contributed by atoms with Gasteiger partial charge in [0.2, 0.25) is 0 Å². The molecule has 0 bridgehead atoms. The van der Waals surface area contributed by atoms with Crippen LogP contribution in [0.3, 0.4) is 0 Å². The van der Waals surface area contributed by atoms with Crippen LogP contribution >= 0.6 is 34.3 Å². The zero-order valence-corrected chi connectivity index (χ0v) is 20.6. The van der Waals surface area contributed by atoms with E-state index in [-0.39, 0.29) is 36.4 Å². The number of piperazine rings is 1. The Balaban J connectivity index is 1.40. The summed E-state index contributed by atoms with van der Waals surface area (Å²) in [5, 5.41) is 11.0. The van der Waals surface area contributed by atoms with E-state index in [0.29, 0.717) is 16.3 Å². The Morgan fingerprint density at radius 1 is 1.15 bits per heavy atom. The summed E-state index contributed by atoms with van der Waals surface area (Å²) in [5.41, 5.74) is 0.760. The van der Waals surface area contributed by atoms with Crippen molar-refractivity contribution in [2.75, 3.05) is 26.2 Å². The van der Waals surface area contributed by atoms with Crippen LogP contribution in [0, 0.1) is 0 Å². The number of hydrogen-bond donors (Lipinski definition) is 1. The smallest absolute Gasteiger partial charge is 0.264 e. The number of hydrogen-bond acceptors (Lipinski definition) is 7. The van der Waals surface area contributed by atoms with E-state index in [2.05, 4.69) is 4.98 Å². The molecule has 1 amide bonds. The van der Waals surface area contributed by atoms with E-state index in [4.69, 9.17) is 11.6 Å². The molecule has 4 heterocycles. The lowest BCUT2D eigenvalue weighted by Gasteiger charge is -2.40. The van der Waals surface area contributed by atoms with Crippen molar-refractivity contribution >= 4 is 70.5 Å². The van der Waals surface area contributed by atoms with Crippen molar-refractivity contribution in [3.05, 3.63) is 58.6 Å². The minimum atomic E-state index is -3.74. The van der Waals surface area contributed by atoms with Gasteiger partial charge in [0.25, 0.3) is 15.9 Å². The lowest BCUT2D eigenvalue weighted by Crippen LogP contribution is -2.56. The molecule has 1 unspecified atom stereocenters. The van der Waals surface area contributed by atoms with Crippen LogP contribution in [0.1, 0.15) is 16.1 Å². The van der Waals surface area contributed by atoms with Gasteiger partial charge in [0.05, 0.1) is 15.1 Å². The number of pyridine rings is 1. The largest absolute Gasteiger partial charge is 0.396 e. The number of aromatic nitrogens is 1. The van der Waals surface area contributed by atoms with Crippen molar-refractivity contribution in [1.82, 2.24) is 14.2 Å². The second-order valence-electron chi connectivity index (χ2n) is 7.77. The summed E-state index contributed by atoms with van der Waals surface area (Å²) in [6.07, 6.45) is 1.98. The zero-order valence-electron chi connectivity index (χ0n) is 17.3. The number of halogens is 1. The number of aliphatic hydroxyl groups is 1. The highest BCUT2D eigenvalue weighted by Crippen LogP contribution is 2.34. The minimum absolute atomic E-state index is 0.132. The molecular formula is C22H20ClN3O4S3. The van der Waals surface area contributed by atoms with Gasteiger partial charge in [0.15, 0.2) is 0 Å². The third-order valence-electron chi connectivity index (χ3n) is 5.72. The topological polar surface area (TPSA) is 90.8 Å². The summed E-state index contributed by atoms with van der Waals surface area (Å²) in [5.74, 6) is -0.162. The molecule has 1 atom stereocenters. The first-order chi connectivity index (χ1) is 15.9. The van der Waals surface area contributed by atoms with Gasteiger partial charge in [-0.25, -0.2) is 8.42 Å². The van der Waals surface area contributed by atoms with Gasteiger partial charge in [-0.05, 0) is 48.2 Å². The predicted octanol–water partition coefficient (Wildman–Crippen LogP) is 4.06. The van der Waals surface area contributed by atoms with Crippen LogP contribution in [0.25, 0.3) is 20.3 Å². The average molecular weight is 522 g/mol. The number of amides is 1. The van der Waals surface area contributed by atoms with Gasteiger partial charge in [-0.15, -0.1) is 22.7 Å². The molecule has 1 saturated heterocycles. The highest BCUT2D eigenvalue weighted by molar-refractivity contribution is 7.91. The molecule has 5 rings (SSSR count). The fourth-order valence-electron chi connectivity index (χ4n) is 4.06. The molecule has 1 aliphatic rings.